The minimum Gasteiger partial charge on any atom is -0.463 e. The lowest BCUT2D eigenvalue weighted by Crippen LogP contribution is -2.40. The number of fused-ring (bicyclic) bond motifs is 1. The molecule has 0 aliphatic carbocycles. The minimum atomic E-state index is -1.01. The zero-order valence-corrected chi connectivity index (χ0v) is 19.4. The van der Waals surface area contributed by atoms with Gasteiger partial charge in [0.15, 0.2) is 4.80 Å². The van der Waals surface area contributed by atoms with Crippen molar-refractivity contribution in [1.82, 2.24) is 4.57 Å². The van der Waals surface area contributed by atoms with Crippen LogP contribution in [0, 0.1) is 5.82 Å². The molecule has 0 N–H and O–H groups in total. The van der Waals surface area contributed by atoms with Gasteiger partial charge in [0.05, 0.1) is 22.4 Å². The van der Waals surface area contributed by atoms with Crippen molar-refractivity contribution in [3.05, 3.63) is 100 Å². The molecule has 0 saturated heterocycles. The summed E-state index contributed by atoms with van der Waals surface area (Å²) in [5.41, 5.74) is 0.865. The van der Waals surface area contributed by atoms with Gasteiger partial charge in [-0.05, 0) is 43.7 Å². The van der Waals surface area contributed by atoms with Crippen molar-refractivity contribution in [2.24, 2.45) is 4.99 Å². The van der Waals surface area contributed by atoms with Crippen molar-refractivity contribution in [3.8, 4) is 0 Å². The molecule has 2 heterocycles. The maximum Gasteiger partial charge on any atom is 0.338 e. The molecule has 1 aliphatic rings. The average molecular weight is 491 g/mol. The number of carbonyl (C=O) groups excluding carboxylic acids is 1. The third-order valence-corrected chi connectivity index (χ3v) is 6.51. The van der Waals surface area contributed by atoms with Crippen LogP contribution >= 0.6 is 34.5 Å². The van der Waals surface area contributed by atoms with Crippen LogP contribution in [0.3, 0.4) is 0 Å². The van der Waals surface area contributed by atoms with E-state index < -0.39 is 23.4 Å². The van der Waals surface area contributed by atoms with Gasteiger partial charge in [0.2, 0.25) is 0 Å². The first-order valence-electron chi connectivity index (χ1n) is 9.71. The van der Waals surface area contributed by atoms with Crippen LogP contribution in [0.1, 0.15) is 31.0 Å². The van der Waals surface area contributed by atoms with Gasteiger partial charge in [-0.2, -0.15) is 0 Å². The van der Waals surface area contributed by atoms with E-state index in [0.717, 1.165) is 11.3 Å². The SMILES string of the molecule is CCOC(=O)C1=C(C)N=c2sc(=Cc3ccc(Cl)cc3Cl)c(=O)n2[C@@H]1c1ccccc1F. The molecular formula is C23H17Cl2FN2O3S. The zero-order valence-electron chi connectivity index (χ0n) is 17.1. The van der Waals surface area contributed by atoms with E-state index >= 15 is 0 Å². The Morgan fingerprint density at radius 3 is 2.72 bits per heavy atom. The number of esters is 1. The lowest BCUT2D eigenvalue weighted by molar-refractivity contribution is -0.139. The predicted molar refractivity (Wildman–Crippen MR) is 123 cm³/mol. The molecule has 4 rings (SSSR count). The largest absolute Gasteiger partial charge is 0.463 e. The van der Waals surface area contributed by atoms with Gasteiger partial charge in [-0.25, -0.2) is 14.2 Å². The first-order chi connectivity index (χ1) is 15.3. The molecule has 0 amide bonds. The average Bonchev–Trinajstić information content (AvgIpc) is 3.04. The second-order valence-electron chi connectivity index (χ2n) is 6.99. The first-order valence-corrected chi connectivity index (χ1v) is 11.3. The standard InChI is InChI=1S/C23H17Cl2FN2O3S/c1-3-31-22(30)19-12(2)27-23-28(20(19)15-6-4-5-7-17(15)26)21(29)18(32-23)10-13-8-9-14(24)11-16(13)25/h4-11,20H,3H2,1-2H3/t20-/m1/s1. The Kier molecular flexibility index (Phi) is 6.33. The number of allylic oxidation sites excluding steroid dienone is 1. The molecule has 0 saturated carbocycles. The smallest absolute Gasteiger partial charge is 0.338 e. The number of halogens is 3. The summed E-state index contributed by atoms with van der Waals surface area (Å²) < 4.78 is 21.7. The Bertz CT molecular complexity index is 1440. The summed E-state index contributed by atoms with van der Waals surface area (Å²) in [4.78, 5) is 31.0. The van der Waals surface area contributed by atoms with E-state index in [9.17, 15) is 14.0 Å². The summed E-state index contributed by atoms with van der Waals surface area (Å²) in [5, 5.41) is 0.861. The number of ether oxygens (including phenoxy) is 1. The summed E-state index contributed by atoms with van der Waals surface area (Å²) in [7, 11) is 0. The van der Waals surface area contributed by atoms with Gasteiger partial charge in [0.1, 0.15) is 11.9 Å². The van der Waals surface area contributed by atoms with Crippen molar-refractivity contribution < 1.29 is 13.9 Å². The Hall–Kier alpha value is -2.74. The molecule has 0 fully saturated rings. The molecule has 1 aromatic heterocycles. The van der Waals surface area contributed by atoms with E-state index in [0.29, 0.717) is 30.6 Å². The Balaban J connectivity index is 1.99. The second-order valence-corrected chi connectivity index (χ2v) is 8.84. The van der Waals surface area contributed by atoms with Crippen molar-refractivity contribution in [2.75, 3.05) is 6.61 Å². The lowest BCUT2D eigenvalue weighted by Gasteiger charge is -2.24. The highest BCUT2D eigenvalue weighted by molar-refractivity contribution is 7.07. The first kappa shape index (κ1) is 22.5. The van der Waals surface area contributed by atoms with Gasteiger partial charge in [0.25, 0.3) is 5.56 Å². The Morgan fingerprint density at radius 2 is 2.03 bits per heavy atom. The van der Waals surface area contributed by atoms with E-state index in [4.69, 9.17) is 27.9 Å². The normalized spacial score (nSPS) is 16.0. The molecule has 0 bridgehead atoms. The minimum absolute atomic E-state index is 0.125. The van der Waals surface area contributed by atoms with Crippen LogP contribution < -0.4 is 14.9 Å². The zero-order chi connectivity index (χ0) is 23.0. The van der Waals surface area contributed by atoms with Crippen LogP contribution in [0.15, 0.2) is 63.5 Å². The maximum absolute atomic E-state index is 14.8. The molecule has 0 radical (unpaired) electrons. The number of hydrogen-bond donors (Lipinski definition) is 0. The van der Waals surface area contributed by atoms with Crippen LogP contribution in [0.4, 0.5) is 4.39 Å². The van der Waals surface area contributed by atoms with E-state index in [2.05, 4.69) is 4.99 Å². The molecule has 1 aliphatic heterocycles. The van der Waals surface area contributed by atoms with Crippen LogP contribution in [-0.2, 0) is 9.53 Å². The molecule has 3 aromatic rings. The maximum atomic E-state index is 14.8. The summed E-state index contributed by atoms with van der Waals surface area (Å²) in [6, 6.07) is 9.98. The fourth-order valence-electron chi connectivity index (χ4n) is 3.54. The highest BCUT2D eigenvalue weighted by Gasteiger charge is 2.34. The quantitative estimate of drug-likeness (QED) is 0.513. The number of thiazole rings is 1. The Morgan fingerprint density at radius 1 is 1.28 bits per heavy atom. The van der Waals surface area contributed by atoms with Gasteiger partial charge in [-0.1, -0.05) is 58.8 Å². The summed E-state index contributed by atoms with van der Waals surface area (Å²) >= 11 is 13.4. The topological polar surface area (TPSA) is 60.7 Å². The fourth-order valence-corrected chi connectivity index (χ4v) is 5.04. The Labute approximate surface area is 196 Å². The van der Waals surface area contributed by atoms with Crippen LogP contribution in [0.5, 0.6) is 0 Å². The molecule has 0 spiro atoms. The number of nitrogens with zero attached hydrogens (tertiary/aromatic N) is 2. The van der Waals surface area contributed by atoms with E-state index in [1.165, 1.54) is 10.6 Å². The van der Waals surface area contributed by atoms with E-state index in [1.54, 1.807) is 56.3 Å². The van der Waals surface area contributed by atoms with Gasteiger partial charge in [0, 0.05) is 15.6 Å². The summed E-state index contributed by atoms with van der Waals surface area (Å²) in [6.45, 7) is 3.46. The molecule has 164 valence electrons. The van der Waals surface area contributed by atoms with E-state index in [-0.39, 0.29) is 17.7 Å². The second kappa shape index (κ2) is 9.02. The van der Waals surface area contributed by atoms with Crippen LogP contribution in [0.2, 0.25) is 10.0 Å². The van der Waals surface area contributed by atoms with Crippen molar-refractivity contribution in [2.45, 2.75) is 19.9 Å². The lowest BCUT2D eigenvalue weighted by atomic mass is 9.95. The number of hydrogen-bond acceptors (Lipinski definition) is 5. The monoisotopic (exact) mass is 490 g/mol. The predicted octanol–water partition coefficient (Wildman–Crippen LogP) is 4.24. The molecular weight excluding hydrogens is 474 g/mol. The molecule has 5 nitrogen and oxygen atoms in total. The number of benzene rings is 2. The van der Waals surface area contributed by atoms with Crippen LogP contribution in [0.25, 0.3) is 6.08 Å². The summed E-state index contributed by atoms with van der Waals surface area (Å²) in [5.74, 6) is -1.18. The highest BCUT2D eigenvalue weighted by Crippen LogP contribution is 2.32. The molecule has 0 unspecified atom stereocenters. The van der Waals surface area contributed by atoms with Crippen molar-refractivity contribution in [1.29, 1.82) is 0 Å². The van der Waals surface area contributed by atoms with Crippen LogP contribution in [-0.4, -0.2) is 17.1 Å². The van der Waals surface area contributed by atoms with Gasteiger partial charge >= 0.3 is 5.97 Å². The van der Waals surface area contributed by atoms with Crippen molar-refractivity contribution >= 4 is 46.6 Å². The third-order valence-electron chi connectivity index (χ3n) is 4.97. The number of rotatable bonds is 4. The molecule has 9 heteroatoms. The van der Waals surface area contributed by atoms with Gasteiger partial charge in [-0.3, -0.25) is 9.36 Å². The molecule has 1 atom stereocenters. The number of carbonyl (C=O) groups is 1. The molecule has 2 aromatic carbocycles. The fraction of sp³-hybridized carbons (Fsp3) is 0.174. The van der Waals surface area contributed by atoms with Crippen molar-refractivity contribution in [3.63, 3.8) is 0 Å². The highest BCUT2D eigenvalue weighted by atomic mass is 35.5. The molecule has 32 heavy (non-hydrogen) atoms. The van der Waals surface area contributed by atoms with E-state index in [1.807, 2.05) is 0 Å². The summed E-state index contributed by atoms with van der Waals surface area (Å²) in [6.07, 6.45) is 1.63. The van der Waals surface area contributed by atoms with Gasteiger partial charge in [-0.15, -0.1) is 0 Å². The number of aromatic nitrogens is 1. The third kappa shape index (κ3) is 4.03. The van der Waals surface area contributed by atoms with Gasteiger partial charge < -0.3 is 4.74 Å².